The smallest absolute Gasteiger partial charge is 0.160 e. The molecule has 0 saturated heterocycles. The van der Waals surface area contributed by atoms with Crippen molar-refractivity contribution in [1.82, 2.24) is 14.8 Å². The fourth-order valence-electron chi connectivity index (χ4n) is 2.72. The molecule has 2 aromatic heterocycles. The van der Waals surface area contributed by atoms with Gasteiger partial charge in [0.15, 0.2) is 5.82 Å². The summed E-state index contributed by atoms with van der Waals surface area (Å²) in [5.74, 6) is 2.51. The minimum Gasteiger partial charge on any atom is -0.276 e. The summed E-state index contributed by atoms with van der Waals surface area (Å²) in [7, 11) is 0. The van der Waals surface area contributed by atoms with Gasteiger partial charge >= 0.3 is 0 Å². The molecule has 0 aliphatic carbocycles. The molecule has 122 valence electrons. The van der Waals surface area contributed by atoms with Gasteiger partial charge in [-0.25, -0.2) is 0 Å². The zero-order valence-electron chi connectivity index (χ0n) is 12.7. The number of hydrogen-bond donors (Lipinski definition) is 0. The molecule has 8 heteroatoms. The summed E-state index contributed by atoms with van der Waals surface area (Å²) in [5.41, 5.74) is 2.72. The molecule has 0 unspecified atom stereocenters. The van der Waals surface area contributed by atoms with Crippen LogP contribution in [0.1, 0.15) is 22.8 Å². The van der Waals surface area contributed by atoms with Gasteiger partial charge in [0.25, 0.3) is 0 Å². The van der Waals surface area contributed by atoms with Crippen LogP contribution in [0.25, 0.3) is 5.00 Å². The van der Waals surface area contributed by atoms with Crippen molar-refractivity contribution in [2.75, 3.05) is 6.26 Å². The Morgan fingerprint density at radius 1 is 1.21 bits per heavy atom. The van der Waals surface area contributed by atoms with E-state index in [1.54, 1.807) is 11.8 Å². The van der Waals surface area contributed by atoms with Crippen LogP contribution in [0.5, 0.6) is 0 Å². The lowest BCUT2D eigenvalue weighted by molar-refractivity contribution is 0.868. The van der Waals surface area contributed by atoms with Crippen molar-refractivity contribution in [2.45, 2.75) is 12.3 Å². The van der Waals surface area contributed by atoms with Crippen LogP contribution < -0.4 is 0 Å². The molecule has 0 N–H and O–H groups in total. The SMILES string of the molecule is CSCc1nnc2n1-c1sc(Cl)cc1C(c1ccccc1Cl)=NC2. The molecule has 1 aliphatic heterocycles. The highest BCUT2D eigenvalue weighted by molar-refractivity contribution is 7.97. The predicted molar refractivity (Wildman–Crippen MR) is 102 cm³/mol. The van der Waals surface area contributed by atoms with Crippen molar-refractivity contribution in [3.63, 3.8) is 0 Å². The molecule has 1 aliphatic rings. The molecule has 1 aromatic carbocycles. The zero-order chi connectivity index (χ0) is 16.7. The predicted octanol–water partition coefficient (Wildman–Crippen LogP) is 4.85. The Hall–Kier alpha value is -1.34. The van der Waals surface area contributed by atoms with Crippen LogP contribution in [0, 0.1) is 0 Å². The molecule has 0 amide bonds. The first-order valence-electron chi connectivity index (χ1n) is 7.20. The highest BCUT2D eigenvalue weighted by Crippen LogP contribution is 2.36. The van der Waals surface area contributed by atoms with Gasteiger partial charge in [0.2, 0.25) is 0 Å². The van der Waals surface area contributed by atoms with Crippen LogP contribution in [0.15, 0.2) is 35.3 Å². The number of nitrogens with zero attached hydrogens (tertiary/aromatic N) is 4. The molecule has 3 aromatic rings. The van der Waals surface area contributed by atoms with Crippen molar-refractivity contribution in [3.05, 3.63) is 62.5 Å². The number of hydrogen-bond acceptors (Lipinski definition) is 5. The number of benzene rings is 1. The molecule has 0 atom stereocenters. The number of halogens is 2. The Labute approximate surface area is 157 Å². The second-order valence-corrected chi connectivity index (χ2v) is 8.15. The minimum atomic E-state index is 0.459. The molecular formula is C16H12Cl2N4S2. The first-order chi connectivity index (χ1) is 11.7. The van der Waals surface area contributed by atoms with Gasteiger partial charge in [0, 0.05) is 16.1 Å². The fraction of sp³-hybridized carbons (Fsp3) is 0.188. The third kappa shape index (κ3) is 2.67. The summed E-state index contributed by atoms with van der Waals surface area (Å²) < 4.78 is 2.78. The molecule has 0 fully saturated rings. The molecule has 0 spiro atoms. The number of aliphatic imine (C=N–C) groups is 1. The van der Waals surface area contributed by atoms with Crippen LogP contribution in [0.3, 0.4) is 0 Å². The summed E-state index contributed by atoms with van der Waals surface area (Å²) >= 11 is 16.0. The summed E-state index contributed by atoms with van der Waals surface area (Å²) in [6.45, 7) is 0.459. The van der Waals surface area contributed by atoms with E-state index in [-0.39, 0.29) is 0 Å². The largest absolute Gasteiger partial charge is 0.276 e. The van der Waals surface area contributed by atoms with Gasteiger partial charge in [0.05, 0.1) is 15.8 Å². The van der Waals surface area contributed by atoms with Crippen molar-refractivity contribution in [3.8, 4) is 5.00 Å². The number of thioether (sulfide) groups is 1. The highest BCUT2D eigenvalue weighted by Gasteiger charge is 2.25. The first kappa shape index (κ1) is 16.1. The molecule has 0 saturated carbocycles. The Morgan fingerprint density at radius 2 is 2.04 bits per heavy atom. The average molecular weight is 395 g/mol. The Kier molecular flexibility index (Phi) is 4.39. The van der Waals surface area contributed by atoms with Gasteiger partial charge in [0.1, 0.15) is 17.4 Å². The van der Waals surface area contributed by atoms with Gasteiger partial charge in [-0.2, -0.15) is 11.8 Å². The highest BCUT2D eigenvalue weighted by atomic mass is 35.5. The maximum Gasteiger partial charge on any atom is 0.160 e. The quantitative estimate of drug-likeness (QED) is 0.637. The Morgan fingerprint density at radius 3 is 2.83 bits per heavy atom. The third-order valence-electron chi connectivity index (χ3n) is 3.72. The van der Waals surface area contributed by atoms with E-state index in [0.717, 1.165) is 39.2 Å². The van der Waals surface area contributed by atoms with E-state index in [9.17, 15) is 0 Å². The maximum atomic E-state index is 6.40. The second-order valence-electron chi connectivity index (χ2n) is 5.21. The lowest BCUT2D eigenvalue weighted by atomic mass is 10.0. The van der Waals surface area contributed by atoms with Crippen LogP contribution in [0.2, 0.25) is 9.36 Å². The van der Waals surface area contributed by atoms with Gasteiger partial charge in [-0.3, -0.25) is 9.56 Å². The van der Waals surface area contributed by atoms with Crippen LogP contribution in [0.4, 0.5) is 0 Å². The molecule has 3 heterocycles. The standard InChI is InChI=1S/C16H12Cl2N4S2/c1-23-8-14-21-20-13-7-19-15(9-4-2-3-5-11(9)17)10-6-12(18)24-16(10)22(13)14/h2-6H,7-8H2,1H3. The van der Waals surface area contributed by atoms with Crippen molar-refractivity contribution >= 4 is 52.0 Å². The topological polar surface area (TPSA) is 43.1 Å². The first-order valence-corrected chi connectivity index (χ1v) is 10.2. The van der Waals surface area contributed by atoms with E-state index < -0.39 is 0 Å². The number of thiophene rings is 1. The van der Waals surface area contributed by atoms with Gasteiger partial charge in [-0.15, -0.1) is 21.5 Å². The lowest BCUT2D eigenvalue weighted by Crippen LogP contribution is -2.06. The van der Waals surface area contributed by atoms with Gasteiger partial charge in [-0.1, -0.05) is 41.4 Å². The van der Waals surface area contributed by atoms with E-state index in [1.807, 2.05) is 36.6 Å². The van der Waals surface area contributed by atoms with Crippen molar-refractivity contribution < 1.29 is 0 Å². The lowest BCUT2D eigenvalue weighted by Gasteiger charge is -2.09. The summed E-state index contributed by atoms with van der Waals surface area (Å²) in [6, 6.07) is 9.67. The molecule has 4 nitrogen and oxygen atoms in total. The monoisotopic (exact) mass is 394 g/mol. The zero-order valence-corrected chi connectivity index (χ0v) is 15.8. The molecular weight excluding hydrogens is 383 g/mol. The molecule has 0 radical (unpaired) electrons. The van der Waals surface area contributed by atoms with Crippen molar-refractivity contribution in [2.24, 2.45) is 4.99 Å². The molecule has 24 heavy (non-hydrogen) atoms. The van der Waals surface area contributed by atoms with Gasteiger partial charge in [-0.05, 0) is 18.4 Å². The Bertz CT molecular complexity index is 945. The van der Waals surface area contributed by atoms with Gasteiger partial charge < -0.3 is 0 Å². The van der Waals surface area contributed by atoms with Crippen LogP contribution in [-0.2, 0) is 12.3 Å². The number of rotatable bonds is 3. The van der Waals surface area contributed by atoms with E-state index in [4.69, 9.17) is 28.2 Å². The molecule has 4 rings (SSSR count). The fourth-order valence-corrected chi connectivity index (χ4v) is 4.65. The van der Waals surface area contributed by atoms with E-state index in [0.29, 0.717) is 15.9 Å². The summed E-state index contributed by atoms with van der Waals surface area (Å²) in [4.78, 5) is 4.77. The normalized spacial score (nSPS) is 13.2. The maximum absolute atomic E-state index is 6.40. The van der Waals surface area contributed by atoms with Crippen molar-refractivity contribution in [1.29, 1.82) is 0 Å². The van der Waals surface area contributed by atoms with E-state index in [2.05, 4.69) is 14.8 Å². The molecule has 0 bridgehead atoms. The Balaban J connectivity index is 1.94. The van der Waals surface area contributed by atoms with Crippen LogP contribution in [-0.4, -0.2) is 26.7 Å². The van der Waals surface area contributed by atoms with E-state index in [1.165, 1.54) is 11.3 Å². The second kappa shape index (κ2) is 6.52. The third-order valence-corrected chi connectivity index (χ3v) is 5.84. The minimum absolute atomic E-state index is 0.459. The van der Waals surface area contributed by atoms with Crippen LogP contribution >= 0.6 is 46.3 Å². The van der Waals surface area contributed by atoms with E-state index >= 15 is 0 Å². The summed E-state index contributed by atoms with van der Waals surface area (Å²) in [5, 5.41) is 10.3. The average Bonchev–Trinajstić information content (AvgIpc) is 3.09. The number of aromatic nitrogens is 3. The summed E-state index contributed by atoms with van der Waals surface area (Å²) in [6.07, 6.45) is 2.05. The number of fused-ring (bicyclic) bond motifs is 3.